The van der Waals surface area contributed by atoms with Crippen LogP contribution in [0.25, 0.3) is 6.08 Å². The Morgan fingerprint density at radius 1 is 0.898 bits per heavy atom. The van der Waals surface area contributed by atoms with Gasteiger partial charge in [-0.2, -0.15) is 0 Å². The zero-order chi connectivity index (χ0) is 36.1. The van der Waals surface area contributed by atoms with E-state index < -0.39 is 22.4 Å². The van der Waals surface area contributed by atoms with Gasteiger partial charge in [0.25, 0.3) is 8.32 Å². The molecule has 0 amide bonds. The van der Waals surface area contributed by atoms with Crippen molar-refractivity contribution in [3.8, 4) is 0 Å². The largest absolute Gasteiger partial charge is 0.465 e. The van der Waals surface area contributed by atoms with E-state index in [1.807, 2.05) is 13.0 Å². The zero-order valence-electron chi connectivity index (χ0n) is 31.2. The Bertz CT molecular complexity index is 1440. The minimum atomic E-state index is -2.67. The van der Waals surface area contributed by atoms with Gasteiger partial charge in [-0.1, -0.05) is 118 Å². The molecule has 0 radical (unpaired) electrons. The Labute approximate surface area is 296 Å². The van der Waals surface area contributed by atoms with E-state index in [1.54, 1.807) is 7.11 Å². The van der Waals surface area contributed by atoms with Crippen LogP contribution < -0.4 is 10.4 Å². The maximum Gasteiger partial charge on any atom is 0.341 e. The quantitative estimate of drug-likeness (QED) is 0.0387. The van der Waals surface area contributed by atoms with Crippen molar-refractivity contribution in [2.75, 3.05) is 47.4 Å². The summed E-state index contributed by atoms with van der Waals surface area (Å²) < 4.78 is 35.0. The third kappa shape index (κ3) is 11.2. The molecule has 1 heterocycles. The summed E-state index contributed by atoms with van der Waals surface area (Å²) in [5.41, 5.74) is 1.44. The fraction of sp³-hybridized carbons (Fsp3) is 0.475. The van der Waals surface area contributed by atoms with Crippen LogP contribution in [0.5, 0.6) is 0 Å². The van der Waals surface area contributed by atoms with E-state index in [0.717, 1.165) is 18.4 Å². The van der Waals surface area contributed by atoms with Gasteiger partial charge in [0.1, 0.15) is 23.9 Å². The molecule has 0 aliphatic rings. The monoisotopic (exact) mass is 706 g/mol. The van der Waals surface area contributed by atoms with Crippen LogP contribution in [0.2, 0.25) is 24.7 Å². The van der Waals surface area contributed by atoms with E-state index in [2.05, 4.69) is 114 Å². The van der Waals surface area contributed by atoms with Gasteiger partial charge in [0.2, 0.25) is 0 Å². The molecule has 0 spiro atoms. The molecule has 7 nitrogen and oxygen atoms in total. The number of hydrogen-bond acceptors (Lipinski definition) is 7. The van der Waals surface area contributed by atoms with Crippen LogP contribution in [0.1, 0.15) is 62.4 Å². The molecular weight excluding hydrogens is 649 g/mol. The molecule has 9 heteroatoms. The topological polar surface area (TPSA) is 76.4 Å². The number of benzene rings is 2. The van der Waals surface area contributed by atoms with Gasteiger partial charge in [-0.25, -0.2) is 4.79 Å². The molecule has 0 fully saturated rings. The lowest BCUT2D eigenvalue weighted by molar-refractivity contribution is -0.0677. The SMILES string of the molecule is C=C(C)C(CCOCOCCOC)Cc1oc(/C=C(/CCO[Si](c2ccccc2)(c2ccccc2)C(C)(C)C)[Si](C)(C)C)cc1C(=O)OC. The van der Waals surface area contributed by atoms with Gasteiger partial charge >= 0.3 is 5.97 Å². The fourth-order valence-electron chi connectivity index (χ4n) is 6.16. The number of methoxy groups -OCH3 is 2. The molecule has 49 heavy (non-hydrogen) atoms. The summed E-state index contributed by atoms with van der Waals surface area (Å²) >= 11 is 0. The first-order chi connectivity index (χ1) is 23.2. The van der Waals surface area contributed by atoms with E-state index >= 15 is 0 Å². The predicted molar refractivity (Wildman–Crippen MR) is 205 cm³/mol. The lowest BCUT2D eigenvalue weighted by Gasteiger charge is -2.43. The number of hydrogen-bond donors (Lipinski definition) is 0. The first-order valence-corrected chi connectivity index (χ1v) is 22.6. The van der Waals surface area contributed by atoms with Crippen LogP contribution >= 0.6 is 0 Å². The lowest BCUT2D eigenvalue weighted by atomic mass is 9.92. The number of allylic oxidation sites excluding steroid dienone is 1. The van der Waals surface area contributed by atoms with Crippen molar-refractivity contribution in [1.29, 1.82) is 0 Å². The Morgan fingerprint density at radius 3 is 2.00 bits per heavy atom. The van der Waals surface area contributed by atoms with Crippen molar-refractivity contribution in [2.45, 2.75) is 71.6 Å². The van der Waals surface area contributed by atoms with E-state index in [4.69, 9.17) is 27.8 Å². The molecule has 268 valence electrons. The molecule has 1 unspecified atom stereocenters. The summed E-state index contributed by atoms with van der Waals surface area (Å²) in [5, 5.41) is 3.73. The fourth-order valence-corrected chi connectivity index (χ4v) is 12.1. The molecule has 0 aliphatic heterocycles. The highest BCUT2D eigenvalue weighted by Crippen LogP contribution is 2.37. The second-order valence-electron chi connectivity index (χ2n) is 14.6. The summed E-state index contributed by atoms with van der Waals surface area (Å²) in [5.74, 6) is 0.898. The standard InChI is InChI=1S/C40H58O7Si2/c1-31(2)32(21-23-44-30-45-26-25-42-6)27-38-37(39(41)43-7)29-33(47-38)28-36(48(8,9)10)22-24-46-49(40(3,4)5,34-17-13-11-14-18-34)35-19-15-12-16-20-35/h11-20,28-29,32H,1,21-27,30H2,2-10H3/b36-28-. The highest BCUT2D eigenvalue weighted by molar-refractivity contribution is 6.99. The van der Waals surface area contributed by atoms with E-state index in [-0.39, 0.29) is 17.7 Å². The Kier molecular flexibility index (Phi) is 15.5. The minimum absolute atomic E-state index is 0.0571. The summed E-state index contributed by atoms with van der Waals surface area (Å²) in [4.78, 5) is 12.9. The molecule has 1 aromatic heterocycles. The highest BCUT2D eigenvalue weighted by atomic mass is 28.4. The number of carbonyl (C=O) groups excluding carboxylic acids is 1. The molecule has 0 saturated heterocycles. The van der Waals surface area contributed by atoms with Gasteiger partial charge in [0.05, 0.1) is 35.0 Å². The van der Waals surface area contributed by atoms with Crippen LogP contribution in [0.4, 0.5) is 0 Å². The molecule has 3 rings (SSSR count). The van der Waals surface area contributed by atoms with Crippen molar-refractivity contribution in [3.63, 3.8) is 0 Å². The Morgan fingerprint density at radius 2 is 1.49 bits per heavy atom. The average molecular weight is 707 g/mol. The van der Waals surface area contributed by atoms with Crippen LogP contribution in [-0.4, -0.2) is 69.8 Å². The van der Waals surface area contributed by atoms with Crippen molar-refractivity contribution < 1.29 is 32.6 Å². The third-order valence-corrected chi connectivity index (χ3v) is 16.3. The van der Waals surface area contributed by atoms with Crippen LogP contribution in [0.15, 0.2) is 88.5 Å². The molecule has 3 aromatic rings. The van der Waals surface area contributed by atoms with Crippen molar-refractivity contribution >= 4 is 38.8 Å². The molecule has 0 N–H and O–H groups in total. The second kappa shape index (κ2) is 18.8. The van der Waals surface area contributed by atoms with Crippen molar-refractivity contribution in [3.05, 3.63) is 101 Å². The Hall–Kier alpha value is -3.06. The molecule has 1 atom stereocenters. The van der Waals surface area contributed by atoms with E-state index in [9.17, 15) is 4.79 Å². The van der Waals surface area contributed by atoms with Crippen LogP contribution in [0, 0.1) is 5.92 Å². The van der Waals surface area contributed by atoms with Gasteiger partial charge < -0.3 is 27.8 Å². The summed E-state index contributed by atoms with van der Waals surface area (Å²) in [6, 6.07) is 23.3. The van der Waals surface area contributed by atoms with E-state index in [0.29, 0.717) is 49.9 Å². The first-order valence-electron chi connectivity index (χ1n) is 17.2. The zero-order valence-corrected chi connectivity index (χ0v) is 33.2. The van der Waals surface area contributed by atoms with Gasteiger partial charge in [-0.15, -0.1) is 0 Å². The summed E-state index contributed by atoms with van der Waals surface area (Å²) in [7, 11) is -1.46. The third-order valence-electron chi connectivity index (χ3n) is 8.96. The number of rotatable bonds is 20. The summed E-state index contributed by atoms with van der Waals surface area (Å²) in [6.45, 7) is 22.4. The van der Waals surface area contributed by atoms with Crippen LogP contribution in [-0.2, 0) is 29.8 Å². The predicted octanol–water partition coefficient (Wildman–Crippen LogP) is 8.06. The number of carbonyl (C=O) groups is 1. The normalized spacial score (nSPS) is 13.4. The molecule has 2 aromatic carbocycles. The van der Waals surface area contributed by atoms with Gasteiger partial charge in [0, 0.05) is 20.1 Å². The smallest absolute Gasteiger partial charge is 0.341 e. The minimum Gasteiger partial charge on any atom is -0.465 e. The van der Waals surface area contributed by atoms with Gasteiger partial charge in [0.15, 0.2) is 0 Å². The molecular formula is C40H58O7Si2. The average Bonchev–Trinajstić information content (AvgIpc) is 3.46. The maximum absolute atomic E-state index is 12.9. The number of esters is 1. The number of ether oxygens (including phenoxy) is 4. The maximum atomic E-state index is 12.9. The summed E-state index contributed by atoms with van der Waals surface area (Å²) in [6.07, 6.45) is 4.13. The lowest BCUT2D eigenvalue weighted by Crippen LogP contribution is -2.66. The van der Waals surface area contributed by atoms with Crippen molar-refractivity contribution in [1.82, 2.24) is 0 Å². The van der Waals surface area contributed by atoms with Crippen molar-refractivity contribution in [2.24, 2.45) is 5.92 Å². The highest BCUT2D eigenvalue weighted by Gasteiger charge is 2.50. The van der Waals surface area contributed by atoms with Crippen LogP contribution in [0.3, 0.4) is 0 Å². The molecule has 0 bridgehead atoms. The molecule has 0 saturated carbocycles. The second-order valence-corrected chi connectivity index (χ2v) is 24.1. The van der Waals surface area contributed by atoms with Gasteiger partial charge in [-0.3, -0.25) is 0 Å². The van der Waals surface area contributed by atoms with E-state index in [1.165, 1.54) is 22.7 Å². The molecule has 0 aliphatic carbocycles. The number of furan rings is 1. The van der Waals surface area contributed by atoms with Gasteiger partial charge in [-0.05, 0) is 53.2 Å². The first kappa shape index (κ1) is 40.4. The Balaban J connectivity index is 1.88.